The van der Waals surface area contributed by atoms with Gasteiger partial charge >= 0.3 is 0 Å². The number of ether oxygens (including phenoxy) is 1. The minimum Gasteiger partial charge on any atom is -0.465 e. The third kappa shape index (κ3) is 4.80. The predicted octanol–water partition coefficient (Wildman–Crippen LogP) is 2.15. The molecule has 4 heteroatoms. The van der Waals surface area contributed by atoms with Gasteiger partial charge in [0.25, 0.3) is 0 Å². The van der Waals surface area contributed by atoms with E-state index in [1.54, 1.807) is 7.11 Å². The van der Waals surface area contributed by atoms with Crippen molar-refractivity contribution in [3.05, 3.63) is 23.2 Å². The van der Waals surface area contributed by atoms with Crippen LogP contribution >= 0.6 is 0 Å². The van der Waals surface area contributed by atoms with Gasteiger partial charge in [-0.25, -0.2) is 0 Å². The van der Waals surface area contributed by atoms with E-state index >= 15 is 0 Å². The lowest BCUT2D eigenvalue weighted by Gasteiger charge is -2.23. The van der Waals surface area contributed by atoms with Gasteiger partial charge in [0.1, 0.15) is 11.5 Å². The van der Waals surface area contributed by atoms with Crippen molar-refractivity contribution in [2.75, 3.05) is 26.8 Å². The second-order valence-corrected chi connectivity index (χ2v) is 5.12. The van der Waals surface area contributed by atoms with E-state index in [0.717, 1.165) is 37.8 Å². The number of rotatable bonds is 8. The van der Waals surface area contributed by atoms with Crippen molar-refractivity contribution in [3.8, 4) is 0 Å². The van der Waals surface area contributed by atoms with Gasteiger partial charge in [-0.2, -0.15) is 0 Å². The number of furan rings is 1. The fourth-order valence-corrected chi connectivity index (χ4v) is 2.06. The molecule has 0 unspecified atom stereocenters. The molecule has 0 bridgehead atoms. The van der Waals surface area contributed by atoms with Crippen LogP contribution in [0, 0.1) is 12.8 Å². The number of nitrogens with zero attached hydrogens (tertiary/aromatic N) is 1. The maximum absolute atomic E-state index is 5.60. The standard InChI is InChI=1S/C14H26N2O2/c1-11(2)9-16(5-6-17-4)10-13-7-14(8-15)18-12(13)3/h7,11H,5-6,8-10,15H2,1-4H3. The Morgan fingerprint density at radius 2 is 2.17 bits per heavy atom. The second-order valence-electron chi connectivity index (χ2n) is 5.12. The molecule has 0 aliphatic rings. The maximum Gasteiger partial charge on any atom is 0.118 e. The van der Waals surface area contributed by atoms with Crippen molar-refractivity contribution in [2.45, 2.75) is 33.9 Å². The highest BCUT2D eigenvalue weighted by atomic mass is 16.5. The van der Waals surface area contributed by atoms with Crippen LogP contribution < -0.4 is 5.73 Å². The first kappa shape index (κ1) is 15.2. The maximum atomic E-state index is 5.60. The van der Waals surface area contributed by atoms with Gasteiger partial charge in [0.15, 0.2) is 0 Å². The van der Waals surface area contributed by atoms with E-state index in [9.17, 15) is 0 Å². The molecular formula is C14H26N2O2. The summed E-state index contributed by atoms with van der Waals surface area (Å²) >= 11 is 0. The molecule has 0 spiro atoms. The zero-order valence-corrected chi connectivity index (χ0v) is 12.0. The van der Waals surface area contributed by atoms with E-state index in [2.05, 4.69) is 24.8 Å². The Labute approximate surface area is 110 Å². The highest BCUT2D eigenvalue weighted by Gasteiger charge is 2.12. The minimum absolute atomic E-state index is 0.461. The van der Waals surface area contributed by atoms with E-state index in [1.807, 2.05) is 6.92 Å². The highest BCUT2D eigenvalue weighted by molar-refractivity contribution is 5.20. The molecule has 1 aromatic heterocycles. The van der Waals surface area contributed by atoms with Gasteiger partial charge in [-0.3, -0.25) is 4.90 Å². The van der Waals surface area contributed by atoms with Gasteiger partial charge in [-0.1, -0.05) is 13.8 Å². The summed E-state index contributed by atoms with van der Waals surface area (Å²) in [6, 6.07) is 2.06. The third-order valence-corrected chi connectivity index (χ3v) is 2.90. The third-order valence-electron chi connectivity index (χ3n) is 2.90. The lowest BCUT2D eigenvalue weighted by Crippen LogP contribution is -2.30. The number of aryl methyl sites for hydroxylation is 1. The van der Waals surface area contributed by atoms with Crippen LogP contribution in [0.3, 0.4) is 0 Å². The topological polar surface area (TPSA) is 51.6 Å². The van der Waals surface area contributed by atoms with E-state index in [0.29, 0.717) is 12.5 Å². The van der Waals surface area contributed by atoms with Gasteiger partial charge in [-0.15, -0.1) is 0 Å². The summed E-state index contributed by atoms with van der Waals surface area (Å²) in [5.74, 6) is 2.48. The molecule has 0 aliphatic carbocycles. The number of hydrogen-bond acceptors (Lipinski definition) is 4. The van der Waals surface area contributed by atoms with E-state index in [1.165, 1.54) is 5.56 Å². The molecule has 104 valence electrons. The van der Waals surface area contributed by atoms with Crippen molar-refractivity contribution in [3.63, 3.8) is 0 Å². The lowest BCUT2D eigenvalue weighted by atomic mass is 10.1. The summed E-state index contributed by atoms with van der Waals surface area (Å²) in [6.45, 7) is 10.6. The summed E-state index contributed by atoms with van der Waals surface area (Å²) in [7, 11) is 1.74. The molecule has 0 aliphatic heterocycles. The van der Waals surface area contributed by atoms with Gasteiger partial charge in [0, 0.05) is 32.3 Å². The van der Waals surface area contributed by atoms with Crippen LogP contribution in [0.1, 0.15) is 30.9 Å². The van der Waals surface area contributed by atoms with Gasteiger partial charge in [0.2, 0.25) is 0 Å². The number of methoxy groups -OCH3 is 1. The molecule has 2 N–H and O–H groups in total. The monoisotopic (exact) mass is 254 g/mol. The zero-order valence-electron chi connectivity index (χ0n) is 12.0. The van der Waals surface area contributed by atoms with E-state index < -0.39 is 0 Å². The summed E-state index contributed by atoms with van der Waals surface area (Å²) in [5.41, 5.74) is 6.83. The Morgan fingerprint density at radius 3 is 2.67 bits per heavy atom. The van der Waals surface area contributed by atoms with Crippen LogP contribution in [0.5, 0.6) is 0 Å². The molecule has 0 atom stereocenters. The van der Waals surface area contributed by atoms with Crippen molar-refractivity contribution in [1.82, 2.24) is 4.90 Å². The van der Waals surface area contributed by atoms with Crippen LogP contribution in [0.4, 0.5) is 0 Å². The van der Waals surface area contributed by atoms with Crippen molar-refractivity contribution in [1.29, 1.82) is 0 Å². The second kappa shape index (κ2) is 7.56. The van der Waals surface area contributed by atoms with E-state index in [4.69, 9.17) is 14.9 Å². The Hall–Kier alpha value is -0.840. The lowest BCUT2D eigenvalue weighted by molar-refractivity contribution is 0.135. The molecule has 1 heterocycles. The predicted molar refractivity (Wildman–Crippen MR) is 73.3 cm³/mol. The fourth-order valence-electron chi connectivity index (χ4n) is 2.06. The normalized spacial score (nSPS) is 11.7. The molecule has 1 rings (SSSR count). The largest absolute Gasteiger partial charge is 0.465 e. The van der Waals surface area contributed by atoms with Gasteiger partial charge in [-0.05, 0) is 18.9 Å². The average Bonchev–Trinajstić information content (AvgIpc) is 2.66. The Morgan fingerprint density at radius 1 is 1.44 bits per heavy atom. The smallest absolute Gasteiger partial charge is 0.118 e. The first-order valence-corrected chi connectivity index (χ1v) is 6.56. The van der Waals surface area contributed by atoms with Crippen molar-refractivity contribution < 1.29 is 9.15 Å². The van der Waals surface area contributed by atoms with Crippen LogP contribution in [0.25, 0.3) is 0 Å². The van der Waals surface area contributed by atoms with Crippen molar-refractivity contribution >= 4 is 0 Å². The first-order chi connectivity index (χ1) is 8.56. The Bertz CT molecular complexity index is 348. The number of nitrogens with two attached hydrogens (primary N) is 1. The molecule has 0 saturated heterocycles. The Balaban J connectivity index is 2.65. The fraction of sp³-hybridized carbons (Fsp3) is 0.714. The molecule has 0 fully saturated rings. The van der Waals surface area contributed by atoms with Crippen LogP contribution in [-0.4, -0.2) is 31.7 Å². The zero-order chi connectivity index (χ0) is 13.5. The SMILES string of the molecule is COCCN(Cc1cc(CN)oc1C)CC(C)C. The minimum atomic E-state index is 0.461. The summed E-state index contributed by atoms with van der Waals surface area (Å²) < 4.78 is 10.8. The number of hydrogen-bond donors (Lipinski definition) is 1. The van der Waals surface area contributed by atoms with Gasteiger partial charge in [0.05, 0.1) is 13.2 Å². The van der Waals surface area contributed by atoms with Crippen LogP contribution in [-0.2, 0) is 17.8 Å². The molecule has 18 heavy (non-hydrogen) atoms. The molecule has 0 amide bonds. The molecule has 0 radical (unpaired) electrons. The Kier molecular flexibility index (Phi) is 6.39. The quantitative estimate of drug-likeness (QED) is 0.772. The first-order valence-electron chi connectivity index (χ1n) is 6.56. The summed E-state index contributed by atoms with van der Waals surface area (Å²) in [5, 5.41) is 0. The summed E-state index contributed by atoms with van der Waals surface area (Å²) in [6.07, 6.45) is 0. The van der Waals surface area contributed by atoms with Gasteiger partial charge < -0.3 is 14.9 Å². The molecule has 0 aromatic carbocycles. The summed E-state index contributed by atoms with van der Waals surface area (Å²) in [4.78, 5) is 2.40. The van der Waals surface area contributed by atoms with Crippen molar-refractivity contribution in [2.24, 2.45) is 11.7 Å². The highest BCUT2D eigenvalue weighted by Crippen LogP contribution is 2.17. The molecule has 4 nitrogen and oxygen atoms in total. The average molecular weight is 254 g/mol. The van der Waals surface area contributed by atoms with Crippen LogP contribution in [0.15, 0.2) is 10.5 Å². The van der Waals surface area contributed by atoms with E-state index in [-0.39, 0.29) is 0 Å². The molecular weight excluding hydrogens is 228 g/mol. The van der Waals surface area contributed by atoms with Crippen LogP contribution in [0.2, 0.25) is 0 Å². The molecule has 1 aromatic rings. The molecule has 0 saturated carbocycles.